The number of aromatic nitrogens is 2. The molecule has 1 N–H and O–H groups in total. The van der Waals surface area contributed by atoms with Crippen LogP contribution in [0.1, 0.15) is 44.9 Å². The van der Waals surface area contributed by atoms with Crippen molar-refractivity contribution in [3.05, 3.63) is 11.9 Å². The van der Waals surface area contributed by atoms with E-state index in [4.69, 9.17) is 4.98 Å². The lowest BCUT2D eigenvalue weighted by molar-refractivity contribution is 0.715. The van der Waals surface area contributed by atoms with E-state index in [9.17, 15) is 0 Å². The van der Waals surface area contributed by atoms with Gasteiger partial charge in [-0.15, -0.1) is 0 Å². The van der Waals surface area contributed by atoms with Crippen LogP contribution < -0.4 is 10.2 Å². The van der Waals surface area contributed by atoms with Gasteiger partial charge in [-0.1, -0.05) is 6.92 Å². The highest BCUT2D eigenvalue weighted by molar-refractivity contribution is 8.00. The van der Waals surface area contributed by atoms with Crippen molar-refractivity contribution in [2.75, 3.05) is 35.6 Å². The van der Waals surface area contributed by atoms with Gasteiger partial charge in [0.15, 0.2) is 0 Å². The van der Waals surface area contributed by atoms with E-state index < -0.39 is 0 Å². The van der Waals surface area contributed by atoms with E-state index in [1.165, 1.54) is 25.0 Å². The highest BCUT2D eigenvalue weighted by Crippen LogP contribution is 2.39. The predicted octanol–water partition coefficient (Wildman–Crippen LogP) is 3.12. The highest BCUT2D eigenvalue weighted by Gasteiger charge is 2.28. The highest BCUT2D eigenvalue weighted by atomic mass is 32.2. The molecule has 2 heterocycles. The Bertz CT molecular complexity index is 461. The second-order valence-corrected chi connectivity index (χ2v) is 7.03. The van der Waals surface area contributed by atoms with Crippen molar-refractivity contribution in [3.8, 4) is 0 Å². The van der Waals surface area contributed by atoms with Gasteiger partial charge in [0, 0.05) is 42.6 Å². The normalized spacial score (nSPS) is 22.9. The Labute approximate surface area is 125 Å². The molecular weight excluding hydrogens is 268 g/mol. The number of hydrogen-bond acceptors (Lipinski definition) is 5. The van der Waals surface area contributed by atoms with Crippen molar-refractivity contribution >= 4 is 23.4 Å². The van der Waals surface area contributed by atoms with Crippen LogP contribution in [-0.2, 0) is 0 Å². The summed E-state index contributed by atoms with van der Waals surface area (Å²) >= 11 is 2.10. The van der Waals surface area contributed by atoms with Gasteiger partial charge in [0.1, 0.15) is 17.5 Å². The quantitative estimate of drug-likeness (QED) is 0.903. The fraction of sp³-hybridized carbons (Fsp3) is 0.733. The number of anilines is 2. The van der Waals surface area contributed by atoms with Gasteiger partial charge in [0.25, 0.3) is 0 Å². The average Bonchev–Trinajstić information content (AvgIpc) is 3.32. The van der Waals surface area contributed by atoms with Crippen LogP contribution in [0, 0.1) is 0 Å². The standard InChI is InChI=1S/C15H24N4S/c1-3-12-10-19(7-8-20-12)14-9-13(16-4-2)17-15(18-14)11-5-6-11/h9,11-12H,3-8,10H2,1-2H3,(H,16,17,18). The zero-order chi connectivity index (χ0) is 13.9. The molecule has 20 heavy (non-hydrogen) atoms. The molecule has 1 atom stereocenters. The van der Waals surface area contributed by atoms with E-state index in [1.54, 1.807) is 0 Å². The number of nitrogens with one attached hydrogen (secondary N) is 1. The maximum Gasteiger partial charge on any atom is 0.136 e. The first-order valence-corrected chi connectivity index (χ1v) is 8.84. The molecule has 1 unspecified atom stereocenters. The van der Waals surface area contributed by atoms with Crippen molar-refractivity contribution in [2.24, 2.45) is 0 Å². The zero-order valence-electron chi connectivity index (χ0n) is 12.4. The Kier molecular flexibility index (Phi) is 4.34. The van der Waals surface area contributed by atoms with Gasteiger partial charge in [-0.05, 0) is 26.2 Å². The second kappa shape index (κ2) is 6.20. The summed E-state index contributed by atoms with van der Waals surface area (Å²) in [5, 5.41) is 4.09. The monoisotopic (exact) mass is 292 g/mol. The van der Waals surface area contributed by atoms with Crippen molar-refractivity contribution in [2.45, 2.75) is 44.3 Å². The van der Waals surface area contributed by atoms with Gasteiger partial charge in [0.05, 0.1) is 0 Å². The van der Waals surface area contributed by atoms with Crippen LogP contribution in [0.5, 0.6) is 0 Å². The summed E-state index contributed by atoms with van der Waals surface area (Å²) in [5.41, 5.74) is 0. The minimum absolute atomic E-state index is 0.605. The molecule has 1 saturated heterocycles. The SMILES string of the molecule is CCNc1cc(N2CCSC(CC)C2)nc(C2CC2)n1. The molecule has 1 aliphatic carbocycles. The third-order valence-corrected chi connectivity index (χ3v) is 5.32. The smallest absolute Gasteiger partial charge is 0.136 e. The molecule has 1 aliphatic heterocycles. The van der Waals surface area contributed by atoms with E-state index in [-0.39, 0.29) is 0 Å². The molecular formula is C15H24N4S. The minimum Gasteiger partial charge on any atom is -0.370 e. The Morgan fingerprint density at radius 2 is 2.20 bits per heavy atom. The summed E-state index contributed by atoms with van der Waals surface area (Å²) in [4.78, 5) is 11.9. The largest absolute Gasteiger partial charge is 0.370 e. The van der Waals surface area contributed by atoms with Crippen molar-refractivity contribution in [1.29, 1.82) is 0 Å². The Balaban J connectivity index is 1.83. The van der Waals surface area contributed by atoms with Crippen LogP contribution >= 0.6 is 11.8 Å². The molecule has 0 spiro atoms. The third kappa shape index (κ3) is 3.19. The molecule has 1 saturated carbocycles. The van der Waals surface area contributed by atoms with E-state index in [2.05, 4.69) is 46.9 Å². The predicted molar refractivity (Wildman–Crippen MR) is 86.9 cm³/mol. The summed E-state index contributed by atoms with van der Waals surface area (Å²) < 4.78 is 0. The molecule has 1 aromatic heterocycles. The van der Waals surface area contributed by atoms with Gasteiger partial charge in [0.2, 0.25) is 0 Å². The molecule has 0 bridgehead atoms. The van der Waals surface area contributed by atoms with Gasteiger partial charge >= 0.3 is 0 Å². The van der Waals surface area contributed by atoms with Crippen molar-refractivity contribution in [1.82, 2.24) is 9.97 Å². The summed E-state index contributed by atoms with van der Waals surface area (Å²) in [6, 6.07) is 2.12. The van der Waals surface area contributed by atoms with E-state index >= 15 is 0 Å². The Morgan fingerprint density at radius 3 is 2.90 bits per heavy atom. The minimum atomic E-state index is 0.605. The van der Waals surface area contributed by atoms with Crippen LogP contribution in [0.15, 0.2) is 6.07 Å². The summed E-state index contributed by atoms with van der Waals surface area (Å²) in [7, 11) is 0. The van der Waals surface area contributed by atoms with Crippen LogP contribution in [0.25, 0.3) is 0 Å². The van der Waals surface area contributed by atoms with Gasteiger partial charge in [-0.25, -0.2) is 9.97 Å². The summed E-state index contributed by atoms with van der Waals surface area (Å²) in [6.07, 6.45) is 3.74. The van der Waals surface area contributed by atoms with Gasteiger partial charge in [-0.2, -0.15) is 11.8 Å². The lowest BCUT2D eigenvalue weighted by Gasteiger charge is -2.33. The number of nitrogens with zero attached hydrogens (tertiary/aromatic N) is 3. The molecule has 3 rings (SSSR count). The molecule has 0 radical (unpaired) electrons. The molecule has 0 aromatic carbocycles. The molecule has 5 heteroatoms. The Hall–Kier alpha value is -0.970. The summed E-state index contributed by atoms with van der Waals surface area (Å²) in [5.74, 6) is 4.97. The molecule has 110 valence electrons. The molecule has 2 fully saturated rings. The average molecular weight is 292 g/mol. The van der Waals surface area contributed by atoms with Gasteiger partial charge < -0.3 is 10.2 Å². The lowest BCUT2D eigenvalue weighted by Crippen LogP contribution is -2.38. The Morgan fingerprint density at radius 1 is 1.35 bits per heavy atom. The lowest BCUT2D eigenvalue weighted by atomic mass is 10.3. The molecule has 1 aromatic rings. The maximum absolute atomic E-state index is 4.84. The number of rotatable bonds is 5. The van der Waals surface area contributed by atoms with Crippen LogP contribution in [0.4, 0.5) is 11.6 Å². The molecule has 2 aliphatic rings. The zero-order valence-corrected chi connectivity index (χ0v) is 13.2. The first kappa shape index (κ1) is 14.0. The second-order valence-electron chi connectivity index (χ2n) is 5.62. The van der Waals surface area contributed by atoms with E-state index in [1.807, 2.05) is 0 Å². The topological polar surface area (TPSA) is 41.0 Å². The van der Waals surface area contributed by atoms with Crippen molar-refractivity contribution < 1.29 is 0 Å². The van der Waals surface area contributed by atoms with E-state index in [0.29, 0.717) is 5.92 Å². The fourth-order valence-corrected chi connectivity index (χ4v) is 3.76. The first-order valence-electron chi connectivity index (χ1n) is 7.79. The molecule has 0 amide bonds. The first-order chi connectivity index (χ1) is 9.80. The number of hydrogen-bond donors (Lipinski definition) is 1. The third-order valence-electron chi connectivity index (χ3n) is 3.95. The van der Waals surface area contributed by atoms with Crippen LogP contribution in [-0.4, -0.2) is 40.6 Å². The number of thioether (sulfide) groups is 1. The van der Waals surface area contributed by atoms with Crippen molar-refractivity contribution in [3.63, 3.8) is 0 Å². The fourth-order valence-electron chi connectivity index (χ4n) is 2.58. The van der Waals surface area contributed by atoms with E-state index in [0.717, 1.165) is 42.3 Å². The van der Waals surface area contributed by atoms with Crippen LogP contribution in [0.2, 0.25) is 0 Å². The van der Waals surface area contributed by atoms with Crippen LogP contribution in [0.3, 0.4) is 0 Å². The summed E-state index contributed by atoms with van der Waals surface area (Å²) in [6.45, 7) is 7.53. The molecule has 4 nitrogen and oxygen atoms in total. The van der Waals surface area contributed by atoms with Gasteiger partial charge in [-0.3, -0.25) is 0 Å². The maximum atomic E-state index is 4.84.